The molecule has 0 aromatic heterocycles. The maximum atomic E-state index is 11.8. The lowest BCUT2D eigenvalue weighted by Gasteiger charge is -2.08. The van der Waals surface area contributed by atoms with Crippen LogP contribution in [-0.2, 0) is 4.79 Å². The molecule has 0 unspecified atom stereocenters. The normalized spacial score (nSPS) is 10.0. The molecule has 0 aliphatic heterocycles. The molecular weight excluding hydrogens is 308 g/mol. The van der Waals surface area contributed by atoms with Crippen LogP contribution in [0, 0.1) is 0 Å². The largest absolute Gasteiger partial charge is 0.508 e. The van der Waals surface area contributed by atoms with Gasteiger partial charge in [-0.05, 0) is 49.2 Å². The molecule has 0 aliphatic carbocycles. The van der Waals surface area contributed by atoms with Crippen LogP contribution in [-0.4, -0.2) is 23.5 Å². The van der Waals surface area contributed by atoms with E-state index >= 15 is 0 Å². The lowest BCUT2D eigenvalue weighted by atomic mass is 10.2. The predicted molar refractivity (Wildman–Crippen MR) is 89.5 cm³/mol. The van der Waals surface area contributed by atoms with Crippen molar-refractivity contribution in [2.24, 2.45) is 0 Å². The van der Waals surface area contributed by atoms with E-state index in [0.717, 1.165) is 12.2 Å². The van der Waals surface area contributed by atoms with Crippen molar-refractivity contribution in [2.75, 3.05) is 6.61 Å². The first-order valence-corrected chi connectivity index (χ1v) is 7.71. The van der Waals surface area contributed by atoms with E-state index in [9.17, 15) is 9.59 Å². The van der Waals surface area contributed by atoms with Crippen LogP contribution in [0.3, 0.4) is 0 Å². The number of unbranched alkanes of at least 4 members (excludes halogenated alkanes) is 1. The lowest BCUT2D eigenvalue weighted by Crippen LogP contribution is -2.41. The van der Waals surface area contributed by atoms with Gasteiger partial charge in [-0.2, -0.15) is 0 Å². The Balaban J connectivity index is 1.58. The molecule has 24 heavy (non-hydrogen) atoms. The Kier molecular flexibility index (Phi) is 6.64. The number of phenolic OH excluding ortho intramolecular Hbond substituents is 1. The van der Waals surface area contributed by atoms with Gasteiger partial charge < -0.3 is 9.84 Å². The molecule has 0 spiro atoms. The van der Waals surface area contributed by atoms with E-state index in [1.54, 1.807) is 0 Å². The number of para-hydroxylation sites is 1. The Morgan fingerprint density at radius 1 is 0.917 bits per heavy atom. The lowest BCUT2D eigenvalue weighted by molar-refractivity contribution is -0.122. The molecule has 0 aliphatic rings. The van der Waals surface area contributed by atoms with Crippen LogP contribution in [0.25, 0.3) is 0 Å². The van der Waals surface area contributed by atoms with Gasteiger partial charge in [-0.15, -0.1) is 0 Å². The molecular formula is C18H20N2O4. The van der Waals surface area contributed by atoms with E-state index in [2.05, 4.69) is 10.9 Å². The first-order chi connectivity index (χ1) is 11.6. The van der Waals surface area contributed by atoms with E-state index < -0.39 is 5.91 Å². The second kappa shape index (κ2) is 9.19. The van der Waals surface area contributed by atoms with Crippen LogP contribution < -0.4 is 15.6 Å². The molecule has 2 aromatic carbocycles. The summed E-state index contributed by atoms with van der Waals surface area (Å²) in [5.74, 6) is 0.189. The van der Waals surface area contributed by atoms with E-state index in [-0.39, 0.29) is 11.7 Å². The monoisotopic (exact) mass is 328 g/mol. The fraction of sp³-hybridized carbons (Fsp3) is 0.222. The van der Waals surface area contributed by atoms with Crippen molar-refractivity contribution in [1.82, 2.24) is 10.9 Å². The first kappa shape index (κ1) is 17.3. The molecule has 0 saturated heterocycles. The molecule has 0 atom stereocenters. The molecule has 0 saturated carbocycles. The fourth-order valence-corrected chi connectivity index (χ4v) is 1.97. The van der Waals surface area contributed by atoms with E-state index in [1.165, 1.54) is 24.3 Å². The first-order valence-electron chi connectivity index (χ1n) is 7.71. The van der Waals surface area contributed by atoms with Crippen LogP contribution in [0.15, 0.2) is 54.6 Å². The van der Waals surface area contributed by atoms with Gasteiger partial charge in [0.25, 0.3) is 5.91 Å². The Hall–Kier alpha value is -3.02. The smallest absolute Gasteiger partial charge is 0.269 e. The zero-order valence-corrected chi connectivity index (χ0v) is 13.2. The molecule has 2 rings (SSSR count). The van der Waals surface area contributed by atoms with Crippen LogP contribution in [0.2, 0.25) is 0 Å². The Morgan fingerprint density at radius 2 is 1.62 bits per heavy atom. The van der Waals surface area contributed by atoms with Gasteiger partial charge in [0.05, 0.1) is 6.61 Å². The number of benzene rings is 2. The minimum Gasteiger partial charge on any atom is -0.508 e. The highest BCUT2D eigenvalue weighted by Gasteiger charge is 2.07. The summed E-state index contributed by atoms with van der Waals surface area (Å²) in [5, 5.41) is 9.16. The van der Waals surface area contributed by atoms with Crippen LogP contribution >= 0.6 is 0 Å². The van der Waals surface area contributed by atoms with Crippen molar-refractivity contribution in [3.63, 3.8) is 0 Å². The quantitative estimate of drug-likeness (QED) is 0.538. The highest BCUT2D eigenvalue weighted by atomic mass is 16.5. The summed E-state index contributed by atoms with van der Waals surface area (Å²) < 4.78 is 5.53. The zero-order valence-electron chi connectivity index (χ0n) is 13.2. The zero-order chi connectivity index (χ0) is 17.2. The molecule has 0 fully saturated rings. The molecule has 6 heteroatoms. The van der Waals surface area contributed by atoms with Crippen molar-refractivity contribution in [3.05, 3.63) is 60.2 Å². The number of aromatic hydroxyl groups is 1. The number of phenols is 1. The van der Waals surface area contributed by atoms with E-state index in [1.807, 2.05) is 30.3 Å². The molecule has 0 bridgehead atoms. The van der Waals surface area contributed by atoms with Gasteiger partial charge in [0.15, 0.2) is 0 Å². The minimum absolute atomic E-state index is 0.0771. The summed E-state index contributed by atoms with van der Waals surface area (Å²) >= 11 is 0. The van der Waals surface area contributed by atoms with Gasteiger partial charge in [-0.25, -0.2) is 0 Å². The number of carbonyl (C=O) groups is 2. The highest BCUT2D eigenvalue weighted by Crippen LogP contribution is 2.10. The molecule has 126 valence electrons. The Morgan fingerprint density at radius 3 is 2.33 bits per heavy atom. The number of carbonyl (C=O) groups excluding carboxylic acids is 2. The summed E-state index contributed by atoms with van der Waals surface area (Å²) in [5.41, 5.74) is 5.05. The summed E-state index contributed by atoms with van der Waals surface area (Å²) in [4.78, 5) is 23.4. The third-order valence-electron chi connectivity index (χ3n) is 3.26. The third kappa shape index (κ3) is 6.00. The van der Waals surface area contributed by atoms with Gasteiger partial charge in [-0.3, -0.25) is 20.4 Å². The van der Waals surface area contributed by atoms with Gasteiger partial charge >= 0.3 is 0 Å². The number of ether oxygens (including phenoxy) is 1. The second-order valence-corrected chi connectivity index (χ2v) is 5.17. The summed E-state index contributed by atoms with van der Waals surface area (Å²) in [7, 11) is 0. The van der Waals surface area contributed by atoms with Crippen molar-refractivity contribution in [2.45, 2.75) is 19.3 Å². The molecule has 0 radical (unpaired) electrons. The van der Waals surface area contributed by atoms with Crippen LogP contribution in [0.4, 0.5) is 0 Å². The number of hydrazine groups is 1. The molecule has 0 heterocycles. The van der Waals surface area contributed by atoms with E-state index in [0.29, 0.717) is 25.0 Å². The van der Waals surface area contributed by atoms with Crippen molar-refractivity contribution < 1.29 is 19.4 Å². The van der Waals surface area contributed by atoms with Gasteiger partial charge in [0.2, 0.25) is 5.91 Å². The topological polar surface area (TPSA) is 87.7 Å². The van der Waals surface area contributed by atoms with Gasteiger partial charge in [0.1, 0.15) is 11.5 Å². The van der Waals surface area contributed by atoms with Crippen LogP contribution in [0.1, 0.15) is 29.6 Å². The fourth-order valence-electron chi connectivity index (χ4n) is 1.97. The predicted octanol–water partition coefficient (Wildman–Crippen LogP) is 2.40. The number of hydrogen-bond acceptors (Lipinski definition) is 4. The standard InChI is InChI=1S/C18H20N2O4/c21-15-11-9-14(10-12-15)18(23)20-19-17(22)8-4-5-13-24-16-6-2-1-3-7-16/h1-3,6-7,9-12,21H,4-5,8,13H2,(H,19,22)(H,20,23). The maximum Gasteiger partial charge on any atom is 0.269 e. The molecule has 6 nitrogen and oxygen atoms in total. The maximum absolute atomic E-state index is 11.8. The summed E-state index contributed by atoms with van der Waals surface area (Å²) in [6.07, 6.45) is 1.70. The van der Waals surface area contributed by atoms with Crippen molar-refractivity contribution in [1.29, 1.82) is 0 Å². The third-order valence-corrected chi connectivity index (χ3v) is 3.26. The SMILES string of the molecule is O=C(CCCCOc1ccccc1)NNC(=O)c1ccc(O)cc1. The van der Waals surface area contributed by atoms with Crippen molar-refractivity contribution in [3.8, 4) is 11.5 Å². The number of amides is 2. The number of nitrogens with one attached hydrogen (secondary N) is 2. The Labute approximate surface area is 140 Å². The number of hydrogen-bond donors (Lipinski definition) is 3. The minimum atomic E-state index is -0.434. The van der Waals surface area contributed by atoms with Gasteiger partial charge in [0, 0.05) is 12.0 Å². The summed E-state index contributed by atoms with van der Waals surface area (Å²) in [6, 6.07) is 15.2. The van der Waals surface area contributed by atoms with E-state index in [4.69, 9.17) is 9.84 Å². The molecule has 2 amide bonds. The second-order valence-electron chi connectivity index (χ2n) is 5.17. The van der Waals surface area contributed by atoms with Crippen LogP contribution in [0.5, 0.6) is 11.5 Å². The number of rotatable bonds is 7. The Bertz CT molecular complexity index is 656. The average molecular weight is 328 g/mol. The average Bonchev–Trinajstić information content (AvgIpc) is 2.61. The highest BCUT2D eigenvalue weighted by molar-refractivity contribution is 5.95. The molecule has 2 aromatic rings. The summed E-state index contributed by atoms with van der Waals surface area (Å²) in [6.45, 7) is 0.539. The van der Waals surface area contributed by atoms with Crippen molar-refractivity contribution >= 4 is 11.8 Å². The molecule has 3 N–H and O–H groups in total. The van der Waals surface area contributed by atoms with Gasteiger partial charge in [-0.1, -0.05) is 18.2 Å².